The van der Waals surface area contributed by atoms with E-state index in [1.807, 2.05) is 0 Å². The molecule has 0 atom stereocenters. The second-order valence-corrected chi connectivity index (χ2v) is 4.71. The van der Waals surface area contributed by atoms with Crippen LogP contribution in [0.5, 0.6) is 0 Å². The maximum atomic E-state index is 13.5. The number of carbonyl (C=O) groups is 2. The van der Waals surface area contributed by atoms with Gasteiger partial charge in [0.2, 0.25) is 0 Å². The fraction of sp³-hybridized carbons (Fsp3) is 0.636. The molecule has 1 fully saturated rings. The average molecular weight is 320 g/mol. The maximum absolute atomic E-state index is 13.5. The van der Waals surface area contributed by atoms with Crippen LogP contribution in [-0.2, 0) is 14.3 Å². The molecule has 0 amide bonds. The molecule has 0 radical (unpaired) electrons. The Morgan fingerprint density at radius 3 is 1.71 bits per heavy atom. The molecular weight excluding hydrogens is 310 g/mol. The Labute approximate surface area is 114 Å². The first kappa shape index (κ1) is 17.3. The fourth-order valence-electron chi connectivity index (χ4n) is 2.10. The minimum absolute atomic E-state index is 0.0785. The third-order valence-corrected chi connectivity index (χ3v) is 3.16. The summed E-state index contributed by atoms with van der Waals surface area (Å²) >= 11 is 0. The van der Waals surface area contributed by atoms with Gasteiger partial charge in [0.1, 0.15) is 0 Å². The van der Waals surface area contributed by atoms with Crippen molar-refractivity contribution < 1.29 is 45.8 Å². The third-order valence-electron chi connectivity index (χ3n) is 3.16. The minimum Gasteiger partial charge on any atom is -0.478 e. The first-order chi connectivity index (χ1) is 9.25. The number of ether oxygens (including phenoxy) is 1. The van der Waals surface area contributed by atoms with Gasteiger partial charge in [-0.05, 0) is 0 Å². The van der Waals surface area contributed by atoms with Gasteiger partial charge in [0.15, 0.2) is 0 Å². The fourth-order valence-corrected chi connectivity index (χ4v) is 2.10. The summed E-state index contributed by atoms with van der Waals surface area (Å²) < 4.78 is 83.7. The quantitative estimate of drug-likeness (QED) is 0.491. The number of esters is 1. The topological polar surface area (TPSA) is 63.6 Å². The molecule has 21 heavy (non-hydrogen) atoms. The van der Waals surface area contributed by atoms with Crippen molar-refractivity contribution in [3.05, 3.63) is 12.2 Å². The Kier molecular flexibility index (Phi) is 3.82. The number of hydrogen-bond acceptors (Lipinski definition) is 3. The first-order valence-electron chi connectivity index (χ1n) is 5.53. The molecule has 0 unspecified atom stereocenters. The smallest absolute Gasteiger partial charge is 0.380 e. The van der Waals surface area contributed by atoms with Crippen LogP contribution in [0, 0.1) is 5.92 Å². The van der Waals surface area contributed by atoms with E-state index in [1.165, 1.54) is 0 Å². The zero-order valence-electron chi connectivity index (χ0n) is 10.7. The molecule has 1 aliphatic carbocycles. The molecule has 0 aromatic rings. The molecule has 0 spiro atoms. The van der Waals surface area contributed by atoms with Crippen molar-refractivity contribution in [3.8, 4) is 0 Å². The van der Waals surface area contributed by atoms with Crippen molar-refractivity contribution in [2.24, 2.45) is 5.92 Å². The van der Waals surface area contributed by atoms with Gasteiger partial charge in [-0.3, -0.25) is 0 Å². The molecule has 1 saturated carbocycles. The van der Waals surface area contributed by atoms with E-state index >= 15 is 0 Å². The number of aliphatic carboxylic acids is 1. The maximum Gasteiger partial charge on any atom is 0.380 e. The molecule has 0 bridgehead atoms. The summed E-state index contributed by atoms with van der Waals surface area (Å²) in [6, 6.07) is 0. The van der Waals surface area contributed by atoms with Crippen molar-refractivity contribution >= 4 is 11.9 Å². The lowest BCUT2D eigenvalue weighted by Crippen LogP contribution is -2.88. The molecule has 0 aromatic heterocycles. The second kappa shape index (κ2) is 4.63. The molecule has 1 rings (SSSR count). The average Bonchev–Trinajstić information content (AvgIpc) is 2.31. The van der Waals surface area contributed by atoms with Crippen LogP contribution in [-0.4, -0.2) is 40.4 Å². The standard InChI is InChI=1S/C11H10F6O4/c1-5(2)8(21-7(20)4-3-6(18)19)9(12,13)11(16,17)10(8,14)15/h3-5H,1-2H3,(H,18,19)/b4-3+. The molecule has 0 aromatic carbocycles. The van der Waals surface area contributed by atoms with Gasteiger partial charge in [0, 0.05) is 18.1 Å². The summed E-state index contributed by atoms with van der Waals surface area (Å²) in [5, 5.41) is 8.22. The zero-order valence-corrected chi connectivity index (χ0v) is 10.7. The summed E-state index contributed by atoms with van der Waals surface area (Å²) in [6.45, 7) is 1.51. The van der Waals surface area contributed by atoms with E-state index in [-0.39, 0.29) is 12.2 Å². The monoisotopic (exact) mass is 320 g/mol. The lowest BCUT2D eigenvalue weighted by molar-refractivity contribution is -0.497. The first-order valence-corrected chi connectivity index (χ1v) is 5.53. The van der Waals surface area contributed by atoms with Crippen LogP contribution in [0.15, 0.2) is 12.2 Å². The van der Waals surface area contributed by atoms with Crippen molar-refractivity contribution in [1.29, 1.82) is 0 Å². The van der Waals surface area contributed by atoms with Crippen LogP contribution in [0.25, 0.3) is 0 Å². The van der Waals surface area contributed by atoms with Crippen molar-refractivity contribution in [1.82, 2.24) is 0 Å². The highest BCUT2D eigenvalue weighted by molar-refractivity contribution is 5.91. The summed E-state index contributed by atoms with van der Waals surface area (Å²) in [7, 11) is 0. The molecule has 0 saturated heterocycles. The number of carboxylic acids is 1. The molecular formula is C11H10F6O4. The van der Waals surface area contributed by atoms with E-state index in [4.69, 9.17) is 5.11 Å². The van der Waals surface area contributed by atoms with Crippen LogP contribution in [0.1, 0.15) is 13.8 Å². The van der Waals surface area contributed by atoms with E-state index in [0.29, 0.717) is 0 Å². The number of carboxylic acid groups (broad SMARTS) is 1. The van der Waals surface area contributed by atoms with E-state index in [0.717, 1.165) is 13.8 Å². The second-order valence-electron chi connectivity index (χ2n) is 4.71. The number of carbonyl (C=O) groups excluding carboxylic acids is 1. The molecule has 120 valence electrons. The van der Waals surface area contributed by atoms with Crippen LogP contribution in [0.3, 0.4) is 0 Å². The SMILES string of the molecule is CC(C)C1(OC(=O)/C=C/C(=O)O)C(F)(F)C(F)(F)C1(F)F. The van der Waals surface area contributed by atoms with Gasteiger partial charge in [-0.1, -0.05) is 13.8 Å². The van der Waals surface area contributed by atoms with Crippen molar-refractivity contribution in [3.63, 3.8) is 0 Å². The Hall–Kier alpha value is -1.74. The van der Waals surface area contributed by atoms with Crippen LogP contribution in [0.2, 0.25) is 0 Å². The van der Waals surface area contributed by atoms with E-state index in [9.17, 15) is 35.9 Å². The highest BCUT2D eigenvalue weighted by Crippen LogP contribution is 2.70. The summed E-state index contributed by atoms with van der Waals surface area (Å²) in [5.74, 6) is -21.7. The predicted octanol–water partition coefficient (Wildman–Crippen LogP) is 2.48. The Morgan fingerprint density at radius 1 is 0.952 bits per heavy atom. The van der Waals surface area contributed by atoms with Crippen molar-refractivity contribution in [2.45, 2.75) is 37.2 Å². The van der Waals surface area contributed by atoms with Gasteiger partial charge in [0.25, 0.3) is 5.60 Å². The molecule has 4 nitrogen and oxygen atoms in total. The third kappa shape index (κ3) is 1.91. The lowest BCUT2D eigenvalue weighted by atomic mass is 9.62. The lowest BCUT2D eigenvalue weighted by Gasteiger charge is -2.59. The van der Waals surface area contributed by atoms with Gasteiger partial charge in [-0.2, -0.15) is 26.3 Å². The molecule has 0 aliphatic heterocycles. The largest absolute Gasteiger partial charge is 0.478 e. The van der Waals surface area contributed by atoms with Crippen LogP contribution >= 0.6 is 0 Å². The molecule has 1 N–H and O–H groups in total. The molecule has 10 heteroatoms. The number of hydrogen-bond donors (Lipinski definition) is 1. The summed E-state index contributed by atoms with van der Waals surface area (Å²) in [4.78, 5) is 21.3. The normalized spacial score (nSPS) is 24.6. The van der Waals surface area contributed by atoms with Gasteiger partial charge in [0.05, 0.1) is 0 Å². The van der Waals surface area contributed by atoms with Crippen LogP contribution in [0.4, 0.5) is 26.3 Å². The van der Waals surface area contributed by atoms with Crippen LogP contribution < -0.4 is 0 Å². The van der Waals surface area contributed by atoms with E-state index in [1.54, 1.807) is 0 Å². The Bertz CT molecular complexity index is 479. The predicted molar refractivity (Wildman–Crippen MR) is 55.3 cm³/mol. The van der Waals surface area contributed by atoms with Gasteiger partial charge < -0.3 is 9.84 Å². The van der Waals surface area contributed by atoms with E-state index < -0.39 is 41.2 Å². The Balaban J connectivity index is 3.24. The number of rotatable bonds is 4. The van der Waals surface area contributed by atoms with Crippen molar-refractivity contribution in [2.75, 3.05) is 0 Å². The number of halogens is 6. The van der Waals surface area contributed by atoms with Gasteiger partial charge in [-0.15, -0.1) is 0 Å². The zero-order chi connectivity index (χ0) is 16.9. The number of alkyl halides is 6. The Morgan fingerprint density at radius 2 is 1.38 bits per heavy atom. The van der Waals surface area contributed by atoms with Gasteiger partial charge in [-0.25, -0.2) is 9.59 Å². The minimum atomic E-state index is -5.68. The molecule has 0 heterocycles. The summed E-state index contributed by atoms with van der Waals surface area (Å²) in [6.07, 6.45) is 0.221. The van der Waals surface area contributed by atoms with Gasteiger partial charge >= 0.3 is 29.7 Å². The molecule has 1 aliphatic rings. The van der Waals surface area contributed by atoms with E-state index in [2.05, 4.69) is 4.74 Å². The highest BCUT2D eigenvalue weighted by Gasteiger charge is 3.01. The highest BCUT2D eigenvalue weighted by atomic mass is 19.4. The summed E-state index contributed by atoms with van der Waals surface area (Å²) in [5.41, 5.74) is -4.05.